The second-order valence-corrected chi connectivity index (χ2v) is 20.8. The molecule has 0 spiro atoms. The van der Waals surface area contributed by atoms with Crippen molar-refractivity contribution < 1.29 is 140 Å². The summed E-state index contributed by atoms with van der Waals surface area (Å²) < 4.78 is 0. The van der Waals surface area contributed by atoms with Crippen LogP contribution in [0.25, 0.3) is 34.2 Å². The van der Waals surface area contributed by atoms with Crippen molar-refractivity contribution in [1.29, 1.82) is 0 Å². The summed E-state index contributed by atoms with van der Waals surface area (Å²) in [5.41, 5.74) is -3.84. The number of aromatic nitrogens is 6. The largest absolute Gasteiger partial charge is 4.00 e. The Bertz CT molecular complexity index is 1930. The maximum Gasteiger partial charge on any atom is 4.00 e. The first-order valence-electron chi connectivity index (χ1n) is 22.3. The van der Waals surface area contributed by atoms with Crippen LogP contribution >= 0.6 is 0 Å². The molecule has 0 fully saturated rings. The summed E-state index contributed by atoms with van der Waals surface area (Å²) in [6.45, 7) is 29.4. The van der Waals surface area contributed by atoms with Gasteiger partial charge in [-0.25, -0.2) is 0 Å². The van der Waals surface area contributed by atoms with E-state index in [2.05, 4.69) is 29.9 Å². The van der Waals surface area contributed by atoms with Crippen LogP contribution in [0.4, 0.5) is 0 Å². The van der Waals surface area contributed by atoms with E-state index in [1.807, 2.05) is 0 Å². The molecule has 18 nitrogen and oxygen atoms in total. The molecule has 6 rings (SSSR count). The Morgan fingerprint density at radius 2 is 0.307 bits per heavy atom. The third-order valence-corrected chi connectivity index (χ3v) is 5.30. The van der Waals surface area contributed by atoms with E-state index in [-0.39, 0.29) is 147 Å². The Morgan fingerprint density at radius 3 is 0.373 bits per heavy atom. The molecule has 402 valence electrons. The zero-order valence-corrected chi connectivity index (χ0v) is 53.8. The van der Waals surface area contributed by atoms with Crippen molar-refractivity contribution in [2.24, 2.45) is 0 Å². The predicted molar refractivity (Wildman–Crippen MR) is 258 cm³/mol. The quantitative estimate of drug-likeness (QED) is 0.243. The van der Waals surface area contributed by atoms with Crippen molar-refractivity contribution >= 4 is 0 Å². The molecule has 0 aliphatic carbocycles. The van der Waals surface area contributed by atoms with Gasteiger partial charge in [-0.05, 0) is 36.4 Å². The Balaban J connectivity index is -0.000000186. The number of pyridine rings is 6. The maximum absolute atomic E-state index is 11.3. The molecule has 0 saturated heterocycles. The second kappa shape index (κ2) is 39.5. The van der Waals surface area contributed by atoms with E-state index in [1.165, 1.54) is 110 Å². The third kappa shape index (κ3) is 59.2. The van der Waals surface area contributed by atoms with Gasteiger partial charge >= 0.3 is 78.6 Å². The first-order valence-corrected chi connectivity index (χ1v) is 22.3. The number of hydrogen-bond acceptors (Lipinski definition) is 18. The topological polar surface area (TPSA) is 354 Å². The van der Waals surface area contributed by atoms with E-state index < -0.39 is 33.6 Å². The average molecular weight is 1270 g/mol. The van der Waals surface area contributed by atoms with Crippen molar-refractivity contribution in [3.05, 3.63) is 110 Å². The number of nitrogens with zero attached hydrogens (tertiary/aromatic N) is 6. The van der Waals surface area contributed by atoms with E-state index in [9.17, 15) is 61.3 Å². The fourth-order valence-corrected chi connectivity index (χ4v) is 3.41. The first kappa shape index (κ1) is 82.5. The van der Waals surface area contributed by atoms with Crippen molar-refractivity contribution in [3.63, 3.8) is 0 Å². The Labute approximate surface area is 502 Å². The molecule has 6 aromatic rings. The third-order valence-electron chi connectivity index (χ3n) is 5.30. The molecule has 0 aliphatic rings. The van der Waals surface area contributed by atoms with Gasteiger partial charge in [0.15, 0.2) is 0 Å². The monoisotopic (exact) mass is 1270 g/mol. The number of hydrogen-bond donors (Lipinski definition) is 0. The van der Waals surface area contributed by atoms with Gasteiger partial charge in [-0.3, -0.25) is 29.9 Å². The van der Waals surface area contributed by atoms with Gasteiger partial charge in [0.05, 0.1) is 34.2 Å². The molecule has 0 amide bonds. The maximum atomic E-state index is 11.3. The smallest absolute Gasteiger partial charge is 0.871 e. The fourth-order valence-electron chi connectivity index (χ4n) is 3.41. The molecule has 0 radical (unpaired) electrons. The predicted octanol–water partition coefficient (Wildman–Crippen LogP) is 1.74. The van der Waals surface area contributed by atoms with E-state index in [4.69, 9.17) is 0 Å². The Morgan fingerprint density at radius 1 is 0.227 bits per heavy atom. The minimum Gasteiger partial charge on any atom is -0.871 e. The van der Waals surface area contributed by atoms with Crippen LogP contribution in [-0.2, 0) is 78.6 Å². The molecule has 0 aliphatic heterocycles. The van der Waals surface area contributed by atoms with Crippen LogP contribution in [0.2, 0.25) is 0 Å². The summed E-state index contributed by atoms with van der Waals surface area (Å²) in [5.74, 6) is -1.73. The Kier molecular flexibility index (Phi) is 43.4. The van der Waals surface area contributed by atoms with Gasteiger partial charge in [0.25, 0.3) is 0 Å². The van der Waals surface area contributed by atoms with Crippen molar-refractivity contribution in [3.8, 4) is 68.7 Å². The Hall–Kier alpha value is -3.89. The molecular weight excluding hydrogens is 1200 g/mol. The summed E-state index contributed by atoms with van der Waals surface area (Å²) in [6.07, 6.45) is 8.78. The first-order chi connectivity index (χ1) is 32.4. The molecule has 0 aromatic carbocycles. The minimum absolute atomic E-state index is 0. The van der Waals surface area contributed by atoms with Gasteiger partial charge in [0.2, 0.25) is 0 Å². The van der Waals surface area contributed by atoms with Crippen LogP contribution in [0.3, 0.4) is 0 Å². The van der Waals surface area contributed by atoms with E-state index >= 15 is 0 Å². The molecule has 21 heteroatoms. The van der Waals surface area contributed by atoms with Crippen LogP contribution < -0.4 is 61.3 Å². The van der Waals surface area contributed by atoms with Gasteiger partial charge < -0.3 is 61.3 Å². The van der Waals surface area contributed by atoms with Crippen LogP contribution in [0, 0.1) is 0 Å². The average Bonchev–Trinajstić information content (AvgIpc) is 3.16. The van der Waals surface area contributed by atoms with Crippen molar-refractivity contribution in [2.45, 2.75) is 158 Å². The van der Waals surface area contributed by atoms with Gasteiger partial charge in [0, 0.05) is 37.2 Å². The van der Waals surface area contributed by atoms with Gasteiger partial charge in [0.1, 0.15) is 0 Å². The summed E-state index contributed by atoms with van der Waals surface area (Å²) >= 11 is 0. The molecule has 75 heavy (non-hydrogen) atoms. The molecule has 0 unspecified atom stereocenters. The summed E-state index contributed by atoms with van der Waals surface area (Å²) in [5, 5.41) is 129. The summed E-state index contributed by atoms with van der Waals surface area (Å²) in [6, 6.07) is 17.3. The van der Waals surface area contributed by atoms with Crippen molar-refractivity contribution in [1.82, 2.24) is 29.9 Å². The van der Waals surface area contributed by atoms with E-state index in [0.29, 0.717) is 0 Å². The van der Waals surface area contributed by atoms with Crippen LogP contribution in [0.15, 0.2) is 110 Å². The molecular formula is C54H72N6O12Zr3. The standard InChI is InChI=1S/3C10H8N2O2.6C4H9O.3Zr/c3*13-7-3-1-5-11-9(7)10-8(14)4-2-6-12-10;6*1-4(2,3)5;;;/h3*1-6,13-14H;6*1-3H3;;;/q;;;6*-1;3*+4/p-6. The molecule has 0 saturated carbocycles. The molecule has 0 atom stereocenters. The zero-order chi connectivity index (χ0) is 56.9. The second-order valence-electron chi connectivity index (χ2n) is 20.8. The van der Waals surface area contributed by atoms with Gasteiger partial charge in [-0.15, -0.1) is 33.6 Å². The van der Waals surface area contributed by atoms with Gasteiger partial charge in [-0.1, -0.05) is 196 Å². The SMILES string of the molecule is CC(C)(C)[O-].CC(C)(C)[O-].CC(C)(C)[O-].CC(C)(C)[O-].CC(C)(C)[O-].CC(C)(C)[O-].[O-]c1cccnc1-c1ncccc1[O-].[O-]c1cccnc1-c1ncccc1[O-].[O-]c1cccnc1-c1ncccc1[O-].[Zr+4].[Zr+4].[Zr+4]. The molecule has 0 N–H and O–H groups in total. The molecule has 0 bridgehead atoms. The summed E-state index contributed by atoms with van der Waals surface area (Å²) in [4.78, 5) is 23.0. The normalized spacial score (nSPS) is 10.4. The minimum atomic E-state index is -0.750. The van der Waals surface area contributed by atoms with Gasteiger partial charge in [-0.2, -0.15) is 0 Å². The number of rotatable bonds is 3. The van der Waals surface area contributed by atoms with Crippen LogP contribution in [0.1, 0.15) is 125 Å². The summed E-state index contributed by atoms with van der Waals surface area (Å²) in [7, 11) is 0. The molecule has 6 aromatic heterocycles. The van der Waals surface area contributed by atoms with Crippen molar-refractivity contribution in [2.75, 3.05) is 0 Å². The van der Waals surface area contributed by atoms with Crippen LogP contribution in [0.5, 0.6) is 34.5 Å². The van der Waals surface area contributed by atoms with E-state index in [1.54, 1.807) is 125 Å². The fraction of sp³-hybridized carbons (Fsp3) is 0.444. The molecule has 6 heterocycles. The zero-order valence-electron chi connectivity index (χ0n) is 46.5. The van der Waals surface area contributed by atoms with Crippen LogP contribution in [-0.4, -0.2) is 63.5 Å². The van der Waals surface area contributed by atoms with E-state index in [0.717, 1.165) is 0 Å².